The molecule has 0 bridgehead atoms. The Labute approximate surface area is 132 Å². The van der Waals surface area contributed by atoms with Gasteiger partial charge in [0, 0.05) is 24.3 Å². The van der Waals surface area contributed by atoms with Gasteiger partial charge in [0.25, 0.3) is 5.91 Å². The van der Waals surface area contributed by atoms with Crippen LogP contribution in [0.4, 0.5) is 0 Å². The quantitative estimate of drug-likeness (QED) is 0.898. The second-order valence-corrected chi connectivity index (χ2v) is 6.83. The van der Waals surface area contributed by atoms with Gasteiger partial charge in [0.15, 0.2) is 0 Å². The first-order valence-corrected chi connectivity index (χ1v) is 8.66. The maximum absolute atomic E-state index is 12.6. The Balaban J connectivity index is 1.69. The van der Waals surface area contributed by atoms with Crippen molar-refractivity contribution in [3.8, 4) is 0 Å². The highest BCUT2D eigenvalue weighted by molar-refractivity contribution is 5.95. The molecular formula is C17H27N3O2. The number of aromatic nitrogens is 2. The molecule has 0 radical (unpaired) electrons. The molecule has 0 aromatic carbocycles. The molecule has 0 spiro atoms. The molecule has 1 aromatic rings. The van der Waals surface area contributed by atoms with Crippen LogP contribution in [0.1, 0.15) is 73.5 Å². The van der Waals surface area contributed by atoms with Crippen LogP contribution >= 0.6 is 0 Å². The van der Waals surface area contributed by atoms with Crippen LogP contribution in [0.5, 0.6) is 0 Å². The molecule has 0 saturated heterocycles. The van der Waals surface area contributed by atoms with Gasteiger partial charge >= 0.3 is 0 Å². The van der Waals surface area contributed by atoms with Crippen molar-refractivity contribution in [1.29, 1.82) is 0 Å². The highest BCUT2D eigenvalue weighted by Crippen LogP contribution is 2.30. The summed E-state index contributed by atoms with van der Waals surface area (Å²) in [6.45, 7) is 2.15. The van der Waals surface area contributed by atoms with Gasteiger partial charge in [-0.15, -0.1) is 0 Å². The number of aliphatic hydroxyl groups excluding tert-OH is 1. The molecule has 2 atom stereocenters. The monoisotopic (exact) mass is 305 g/mol. The summed E-state index contributed by atoms with van der Waals surface area (Å²) in [6.07, 6.45) is 10.8. The number of amides is 1. The Hall–Kier alpha value is -1.36. The van der Waals surface area contributed by atoms with E-state index in [9.17, 15) is 9.90 Å². The zero-order valence-corrected chi connectivity index (χ0v) is 13.4. The fourth-order valence-corrected chi connectivity index (χ4v) is 4.03. The summed E-state index contributed by atoms with van der Waals surface area (Å²) in [6, 6.07) is 0.557. The lowest BCUT2D eigenvalue weighted by Gasteiger charge is -2.30. The molecule has 1 aromatic heterocycles. The first-order valence-electron chi connectivity index (χ1n) is 8.66. The highest BCUT2D eigenvalue weighted by atomic mass is 16.3. The lowest BCUT2D eigenvalue weighted by molar-refractivity contribution is 0.0872. The van der Waals surface area contributed by atoms with E-state index in [0.717, 1.165) is 31.4 Å². The minimum atomic E-state index is -0.0351. The summed E-state index contributed by atoms with van der Waals surface area (Å²) in [7, 11) is 0. The molecule has 22 heavy (non-hydrogen) atoms. The molecule has 1 amide bonds. The molecule has 122 valence electrons. The van der Waals surface area contributed by atoms with E-state index in [2.05, 4.69) is 10.4 Å². The second-order valence-electron chi connectivity index (χ2n) is 6.83. The van der Waals surface area contributed by atoms with Crippen LogP contribution in [0.25, 0.3) is 0 Å². The maximum Gasteiger partial charge on any atom is 0.254 e. The van der Waals surface area contributed by atoms with Crippen molar-refractivity contribution in [3.63, 3.8) is 0 Å². The van der Waals surface area contributed by atoms with Crippen LogP contribution in [0.3, 0.4) is 0 Å². The standard InChI is InChI=1S/C17H27N3O2/c1-12-15(10-18-20(12)14-7-3-4-8-14)17(22)19-16-9-5-2-6-13(16)11-21/h10,13-14,16,21H,2-9,11H2,1H3,(H,19,22). The van der Waals surface area contributed by atoms with Crippen molar-refractivity contribution in [3.05, 3.63) is 17.5 Å². The predicted octanol–water partition coefficient (Wildman–Crippen LogP) is 2.59. The fourth-order valence-electron chi connectivity index (χ4n) is 4.03. The van der Waals surface area contributed by atoms with E-state index in [1.54, 1.807) is 6.20 Å². The Morgan fingerprint density at radius 1 is 1.27 bits per heavy atom. The number of carbonyl (C=O) groups excluding carboxylic acids is 1. The smallest absolute Gasteiger partial charge is 0.254 e. The molecule has 2 aliphatic carbocycles. The van der Waals surface area contributed by atoms with Crippen LogP contribution in [-0.2, 0) is 0 Å². The molecule has 1 heterocycles. The minimum absolute atomic E-state index is 0.0351. The Morgan fingerprint density at radius 3 is 2.68 bits per heavy atom. The van der Waals surface area contributed by atoms with E-state index in [0.29, 0.717) is 11.6 Å². The van der Waals surface area contributed by atoms with Crippen LogP contribution in [0.2, 0.25) is 0 Å². The molecule has 2 fully saturated rings. The van der Waals surface area contributed by atoms with E-state index in [4.69, 9.17) is 0 Å². The first kappa shape index (κ1) is 15.5. The van der Waals surface area contributed by atoms with E-state index >= 15 is 0 Å². The van der Waals surface area contributed by atoms with E-state index in [1.807, 2.05) is 11.6 Å². The second kappa shape index (κ2) is 6.82. The van der Waals surface area contributed by atoms with E-state index < -0.39 is 0 Å². The van der Waals surface area contributed by atoms with Crippen LogP contribution < -0.4 is 5.32 Å². The van der Waals surface area contributed by atoms with E-state index in [1.165, 1.54) is 25.7 Å². The molecule has 5 heteroatoms. The van der Waals surface area contributed by atoms with Gasteiger partial charge < -0.3 is 10.4 Å². The van der Waals surface area contributed by atoms with Crippen LogP contribution in [-0.4, -0.2) is 33.4 Å². The SMILES string of the molecule is Cc1c(C(=O)NC2CCCCC2CO)cnn1C1CCCC1. The zero-order valence-electron chi connectivity index (χ0n) is 13.4. The average Bonchev–Trinajstić information content (AvgIpc) is 3.17. The molecule has 2 N–H and O–H groups in total. The molecule has 0 aliphatic heterocycles. The molecule has 5 nitrogen and oxygen atoms in total. The number of hydrogen-bond donors (Lipinski definition) is 2. The predicted molar refractivity (Wildman–Crippen MR) is 84.8 cm³/mol. The summed E-state index contributed by atoms with van der Waals surface area (Å²) in [5, 5.41) is 17.1. The van der Waals surface area contributed by atoms with Crippen LogP contribution in [0.15, 0.2) is 6.20 Å². The van der Waals surface area contributed by atoms with Gasteiger partial charge in [0.05, 0.1) is 17.8 Å². The minimum Gasteiger partial charge on any atom is -0.396 e. The van der Waals surface area contributed by atoms with Crippen molar-refractivity contribution in [1.82, 2.24) is 15.1 Å². The van der Waals surface area contributed by atoms with Crippen molar-refractivity contribution in [2.45, 2.75) is 70.4 Å². The number of aliphatic hydroxyl groups is 1. The summed E-state index contributed by atoms with van der Waals surface area (Å²) in [5.74, 6) is 0.162. The van der Waals surface area contributed by atoms with Crippen molar-refractivity contribution >= 4 is 5.91 Å². The lowest BCUT2D eigenvalue weighted by Crippen LogP contribution is -2.43. The summed E-state index contributed by atoms with van der Waals surface area (Å²) >= 11 is 0. The largest absolute Gasteiger partial charge is 0.396 e. The molecule has 3 rings (SSSR count). The average molecular weight is 305 g/mol. The van der Waals surface area contributed by atoms with Gasteiger partial charge in [-0.05, 0) is 32.6 Å². The number of rotatable bonds is 4. The van der Waals surface area contributed by atoms with Crippen LogP contribution in [0, 0.1) is 12.8 Å². The summed E-state index contributed by atoms with van der Waals surface area (Å²) in [5.41, 5.74) is 1.66. The van der Waals surface area contributed by atoms with E-state index in [-0.39, 0.29) is 24.5 Å². The summed E-state index contributed by atoms with van der Waals surface area (Å²) < 4.78 is 2.03. The fraction of sp³-hybridized carbons (Fsp3) is 0.765. The highest BCUT2D eigenvalue weighted by Gasteiger charge is 2.28. The number of nitrogens with one attached hydrogen (secondary N) is 1. The van der Waals surface area contributed by atoms with Crippen molar-refractivity contribution < 1.29 is 9.90 Å². The normalized spacial score (nSPS) is 26.3. The molecule has 2 unspecified atom stereocenters. The first-order chi connectivity index (χ1) is 10.7. The Kier molecular flexibility index (Phi) is 4.81. The van der Waals surface area contributed by atoms with Gasteiger partial charge in [0.1, 0.15) is 0 Å². The number of hydrogen-bond acceptors (Lipinski definition) is 3. The third kappa shape index (κ3) is 3.05. The number of carbonyl (C=O) groups is 1. The van der Waals surface area contributed by atoms with Crippen molar-refractivity contribution in [2.24, 2.45) is 5.92 Å². The third-order valence-electron chi connectivity index (χ3n) is 5.42. The maximum atomic E-state index is 12.6. The third-order valence-corrected chi connectivity index (χ3v) is 5.42. The lowest BCUT2D eigenvalue weighted by atomic mass is 9.85. The topological polar surface area (TPSA) is 67.2 Å². The molecule has 2 aliphatic rings. The Morgan fingerprint density at radius 2 is 1.95 bits per heavy atom. The van der Waals surface area contributed by atoms with Gasteiger partial charge in [-0.3, -0.25) is 9.48 Å². The van der Waals surface area contributed by atoms with Gasteiger partial charge in [0.2, 0.25) is 0 Å². The van der Waals surface area contributed by atoms with Gasteiger partial charge in [-0.25, -0.2) is 0 Å². The number of nitrogens with zero attached hydrogens (tertiary/aromatic N) is 2. The zero-order chi connectivity index (χ0) is 15.5. The van der Waals surface area contributed by atoms with Gasteiger partial charge in [-0.1, -0.05) is 25.7 Å². The Bertz CT molecular complexity index is 520. The van der Waals surface area contributed by atoms with Crippen molar-refractivity contribution in [2.75, 3.05) is 6.61 Å². The van der Waals surface area contributed by atoms with Gasteiger partial charge in [-0.2, -0.15) is 5.10 Å². The summed E-state index contributed by atoms with van der Waals surface area (Å²) in [4.78, 5) is 12.6. The molecular weight excluding hydrogens is 278 g/mol. The molecule has 2 saturated carbocycles.